The van der Waals surface area contributed by atoms with Gasteiger partial charge < -0.3 is 4.98 Å². The van der Waals surface area contributed by atoms with Crippen LogP contribution in [-0.2, 0) is 0 Å². The highest BCUT2D eigenvalue weighted by atomic mass is 35.5. The number of hydrogen-bond donors (Lipinski definition) is 1. The number of aromatic amines is 1. The Bertz CT molecular complexity index is 735. The van der Waals surface area contributed by atoms with Crippen LogP contribution in [-0.4, -0.2) is 28.0 Å². The highest BCUT2D eigenvalue weighted by Crippen LogP contribution is 2.29. The maximum absolute atomic E-state index is 11.8. The van der Waals surface area contributed by atoms with Crippen LogP contribution in [0.4, 0.5) is 0 Å². The second-order valence-corrected chi connectivity index (χ2v) is 6.24. The summed E-state index contributed by atoms with van der Waals surface area (Å²) in [6.07, 6.45) is 2.54. The van der Waals surface area contributed by atoms with Gasteiger partial charge in [0, 0.05) is 11.6 Å². The van der Waals surface area contributed by atoms with Crippen LogP contribution in [0.5, 0.6) is 0 Å². The van der Waals surface area contributed by atoms with Crippen molar-refractivity contribution < 1.29 is 0 Å². The lowest BCUT2D eigenvalue weighted by atomic mass is 10.0. The second kappa shape index (κ2) is 6.23. The summed E-state index contributed by atoms with van der Waals surface area (Å²) in [7, 11) is 0. The molecule has 4 nitrogen and oxygen atoms in total. The Labute approximate surface area is 135 Å². The quantitative estimate of drug-likeness (QED) is 0.941. The summed E-state index contributed by atoms with van der Waals surface area (Å²) in [4.78, 5) is 21.3. The van der Waals surface area contributed by atoms with Gasteiger partial charge in [-0.2, -0.15) is 0 Å². The average Bonchev–Trinajstić information content (AvgIpc) is 3.04. The predicted octanol–water partition coefficient (Wildman–Crippen LogP) is 3.56. The van der Waals surface area contributed by atoms with E-state index in [-0.39, 0.29) is 10.6 Å². The number of H-pyrrole nitrogens is 1. The van der Waals surface area contributed by atoms with E-state index in [2.05, 4.69) is 33.9 Å². The molecule has 3 rings (SSSR count). The Balaban J connectivity index is 1.99. The number of benzene rings is 1. The number of likely N-dealkylation sites (tertiary alicyclic amines) is 1. The van der Waals surface area contributed by atoms with Crippen LogP contribution < -0.4 is 5.56 Å². The Hall–Kier alpha value is -1.65. The maximum atomic E-state index is 11.8. The molecule has 5 heteroatoms. The van der Waals surface area contributed by atoms with E-state index >= 15 is 0 Å². The molecular weight excluding hydrogens is 298 g/mol. The summed E-state index contributed by atoms with van der Waals surface area (Å²) in [6, 6.07) is 8.54. The van der Waals surface area contributed by atoms with Crippen molar-refractivity contribution >= 4 is 11.6 Å². The fourth-order valence-electron chi connectivity index (χ4n) is 3.05. The molecule has 1 aliphatic heterocycles. The summed E-state index contributed by atoms with van der Waals surface area (Å²) in [5.74, 6) is 0.572. The molecule has 1 atom stereocenters. The largest absolute Gasteiger partial charge is 0.309 e. The van der Waals surface area contributed by atoms with Crippen LogP contribution in [0.2, 0.25) is 5.02 Å². The van der Waals surface area contributed by atoms with E-state index in [1.807, 2.05) is 12.1 Å². The van der Waals surface area contributed by atoms with Crippen molar-refractivity contribution in [2.24, 2.45) is 0 Å². The number of rotatable bonds is 3. The zero-order chi connectivity index (χ0) is 15.7. The van der Waals surface area contributed by atoms with Crippen LogP contribution in [0.25, 0.3) is 11.3 Å². The molecule has 0 radical (unpaired) electrons. The number of aromatic nitrogens is 2. The number of nitrogens with one attached hydrogen (secondary N) is 1. The Morgan fingerprint density at radius 3 is 2.77 bits per heavy atom. The Morgan fingerprint density at radius 1 is 1.32 bits per heavy atom. The molecule has 0 amide bonds. The minimum atomic E-state index is -0.290. The summed E-state index contributed by atoms with van der Waals surface area (Å²) >= 11 is 6.14. The summed E-state index contributed by atoms with van der Waals surface area (Å²) in [6.45, 7) is 6.28. The third kappa shape index (κ3) is 2.94. The molecule has 0 saturated carbocycles. The molecule has 1 aromatic carbocycles. The number of nitrogens with zero attached hydrogens (tertiary/aromatic N) is 2. The lowest BCUT2D eigenvalue weighted by Crippen LogP contribution is -2.23. The first-order valence-corrected chi connectivity index (χ1v) is 8.05. The maximum Gasteiger partial charge on any atom is 0.270 e. The van der Waals surface area contributed by atoms with Gasteiger partial charge >= 0.3 is 0 Å². The van der Waals surface area contributed by atoms with E-state index in [0.717, 1.165) is 18.7 Å². The van der Waals surface area contributed by atoms with Gasteiger partial charge in [-0.3, -0.25) is 9.69 Å². The SMILES string of the molecule is Cc1nc(-c2cccc([C@H](C)N3CCCC3)c2)c(Cl)c(=O)[nH]1. The molecule has 0 aliphatic carbocycles. The standard InChI is InChI=1S/C17H20ClN3O/c1-11(21-8-3-4-9-21)13-6-5-7-14(10-13)16-15(18)17(22)20-12(2)19-16/h5-7,10-11H,3-4,8-9H2,1-2H3,(H,19,20,22)/t11-/m0/s1. The molecule has 1 fully saturated rings. The molecule has 0 unspecified atom stereocenters. The number of hydrogen-bond acceptors (Lipinski definition) is 3. The monoisotopic (exact) mass is 317 g/mol. The fraction of sp³-hybridized carbons (Fsp3) is 0.412. The summed E-state index contributed by atoms with van der Waals surface area (Å²) in [5.41, 5.74) is 2.39. The van der Waals surface area contributed by atoms with Crippen molar-refractivity contribution in [3.05, 3.63) is 51.0 Å². The van der Waals surface area contributed by atoms with Gasteiger partial charge in [-0.05, 0) is 51.4 Å². The lowest BCUT2D eigenvalue weighted by molar-refractivity contribution is 0.263. The van der Waals surface area contributed by atoms with Gasteiger partial charge in [0.05, 0.1) is 5.69 Å². The topological polar surface area (TPSA) is 49.0 Å². The average molecular weight is 318 g/mol. The Kier molecular flexibility index (Phi) is 4.32. The predicted molar refractivity (Wildman–Crippen MR) is 89.3 cm³/mol. The van der Waals surface area contributed by atoms with E-state index in [9.17, 15) is 4.79 Å². The van der Waals surface area contributed by atoms with Crippen molar-refractivity contribution in [2.45, 2.75) is 32.7 Å². The van der Waals surface area contributed by atoms with Gasteiger partial charge in [0.25, 0.3) is 5.56 Å². The molecule has 2 aromatic rings. The molecule has 1 N–H and O–H groups in total. The van der Waals surface area contributed by atoms with Gasteiger partial charge in [-0.25, -0.2) is 4.98 Å². The Morgan fingerprint density at radius 2 is 2.05 bits per heavy atom. The molecule has 0 spiro atoms. The smallest absolute Gasteiger partial charge is 0.270 e. The van der Waals surface area contributed by atoms with E-state index in [1.54, 1.807) is 6.92 Å². The van der Waals surface area contributed by atoms with Gasteiger partial charge in [0.1, 0.15) is 10.8 Å². The third-order valence-corrected chi connectivity index (χ3v) is 4.66. The van der Waals surface area contributed by atoms with Crippen molar-refractivity contribution in [1.82, 2.24) is 14.9 Å². The molecule has 116 valence electrons. The first-order valence-electron chi connectivity index (χ1n) is 7.67. The minimum Gasteiger partial charge on any atom is -0.309 e. The first kappa shape index (κ1) is 15.3. The van der Waals surface area contributed by atoms with Crippen LogP contribution in [0, 0.1) is 6.92 Å². The van der Waals surface area contributed by atoms with Crippen molar-refractivity contribution in [3.63, 3.8) is 0 Å². The number of halogens is 1. The van der Waals surface area contributed by atoms with E-state index in [0.29, 0.717) is 17.6 Å². The van der Waals surface area contributed by atoms with E-state index in [1.165, 1.54) is 18.4 Å². The molecule has 0 bridgehead atoms. The zero-order valence-electron chi connectivity index (χ0n) is 12.9. The third-order valence-electron chi connectivity index (χ3n) is 4.31. The lowest BCUT2D eigenvalue weighted by Gasteiger charge is -2.24. The normalized spacial score (nSPS) is 16.9. The van der Waals surface area contributed by atoms with Gasteiger partial charge in [-0.15, -0.1) is 0 Å². The van der Waals surface area contributed by atoms with Crippen molar-refractivity contribution in [2.75, 3.05) is 13.1 Å². The van der Waals surface area contributed by atoms with Crippen LogP contribution in [0.1, 0.15) is 37.2 Å². The van der Waals surface area contributed by atoms with Crippen LogP contribution in [0.3, 0.4) is 0 Å². The summed E-state index contributed by atoms with van der Waals surface area (Å²) < 4.78 is 0. The second-order valence-electron chi connectivity index (χ2n) is 5.86. The van der Waals surface area contributed by atoms with E-state index in [4.69, 9.17) is 11.6 Å². The summed E-state index contributed by atoms with van der Waals surface area (Å²) in [5, 5.41) is 0.150. The van der Waals surface area contributed by atoms with Crippen LogP contribution >= 0.6 is 11.6 Å². The van der Waals surface area contributed by atoms with Gasteiger partial charge in [0.15, 0.2) is 0 Å². The van der Waals surface area contributed by atoms with Crippen molar-refractivity contribution in [1.29, 1.82) is 0 Å². The molecule has 2 heterocycles. The van der Waals surface area contributed by atoms with Crippen LogP contribution in [0.15, 0.2) is 29.1 Å². The first-order chi connectivity index (χ1) is 10.6. The molecule has 1 aliphatic rings. The van der Waals surface area contributed by atoms with Gasteiger partial charge in [-0.1, -0.05) is 29.8 Å². The zero-order valence-corrected chi connectivity index (χ0v) is 13.7. The molecular formula is C17H20ClN3O. The minimum absolute atomic E-state index is 0.150. The highest BCUT2D eigenvalue weighted by Gasteiger charge is 2.20. The number of aryl methyl sites for hydroxylation is 1. The van der Waals surface area contributed by atoms with Crippen molar-refractivity contribution in [3.8, 4) is 11.3 Å². The van der Waals surface area contributed by atoms with Gasteiger partial charge in [0.2, 0.25) is 0 Å². The highest BCUT2D eigenvalue weighted by molar-refractivity contribution is 6.32. The molecule has 22 heavy (non-hydrogen) atoms. The fourth-order valence-corrected chi connectivity index (χ4v) is 3.25. The molecule has 1 saturated heterocycles. The molecule has 1 aromatic heterocycles. The van der Waals surface area contributed by atoms with E-state index < -0.39 is 0 Å².